The predicted octanol–water partition coefficient (Wildman–Crippen LogP) is -1.14. The molecule has 0 aliphatic carbocycles. The van der Waals surface area contributed by atoms with Gasteiger partial charge in [-0.2, -0.15) is 0 Å². The van der Waals surface area contributed by atoms with E-state index in [1.165, 1.54) is 0 Å². The van der Waals surface area contributed by atoms with E-state index in [4.69, 9.17) is 20.1 Å². The smallest absolute Gasteiger partial charge is 0.137 e. The minimum Gasteiger partial charge on any atom is -0.388 e. The van der Waals surface area contributed by atoms with Crippen LogP contribution in [-0.4, -0.2) is 44.3 Å². The van der Waals surface area contributed by atoms with E-state index in [1.54, 1.807) is 0 Å². The summed E-state index contributed by atoms with van der Waals surface area (Å²) in [6.07, 6.45) is -3.01. The van der Waals surface area contributed by atoms with Crippen LogP contribution in [-0.2, 0) is 4.74 Å². The van der Waals surface area contributed by atoms with Crippen LogP contribution in [0.3, 0.4) is 0 Å². The van der Waals surface area contributed by atoms with E-state index in [9.17, 15) is 0 Å². The summed E-state index contributed by atoms with van der Waals surface area (Å²) in [6, 6.07) is 0. The van der Waals surface area contributed by atoms with Crippen LogP contribution in [0.15, 0.2) is 0 Å². The van der Waals surface area contributed by atoms with E-state index in [0.717, 1.165) is 0 Å². The van der Waals surface area contributed by atoms with Gasteiger partial charge in [0, 0.05) is 0 Å². The van der Waals surface area contributed by atoms with Gasteiger partial charge in [-0.25, -0.2) is 0 Å². The molecule has 3 N–H and O–H groups in total. The number of halogens is 1. The molecule has 0 aromatic heterocycles. The largest absolute Gasteiger partial charge is 0.388 e. The van der Waals surface area contributed by atoms with E-state index >= 15 is 0 Å². The van der Waals surface area contributed by atoms with Gasteiger partial charge in [0.1, 0.15) is 22.4 Å². The SMILES string of the molecule is OC1COC(I)C(O)C1O. The Kier molecular flexibility index (Phi) is 2.87. The lowest BCUT2D eigenvalue weighted by Crippen LogP contribution is -2.50. The van der Waals surface area contributed by atoms with Crippen molar-refractivity contribution in [2.24, 2.45) is 0 Å². The maximum atomic E-state index is 9.07. The Labute approximate surface area is 72.0 Å². The molecule has 1 rings (SSSR count). The third kappa shape index (κ3) is 1.59. The maximum Gasteiger partial charge on any atom is 0.137 e. The first-order valence-electron chi connectivity index (χ1n) is 2.93. The summed E-state index contributed by atoms with van der Waals surface area (Å²) in [4.78, 5) is 0. The van der Waals surface area contributed by atoms with Crippen LogP contribution >= 0.6 is 22.6 Å². The summed E-state index contributed by atoms with van der Waals surface area (Å²) in [5, 5.41) is 27.0. The van der Waals surface area contributed by atoms with Gasteiger partial charge >= 0.3 is 0 Å². The Morgan fingerprint density at radius 1 is 1.20 bits per heavy atom. The van der Waals surface area contributed by atoms with Crippen molar-refractivity contribution in [1.29, 1.82) is 0 Å². The minimum absolute atomic E-state index is 0.0891. The van der Waals surface area contributed by atoms with Gasteiger partial charge in [-0.15, -0.1) is 0 Å². The number of ether oxygens (including phenoxy) is 1. The van der Waals surface area contributed by atoms with Crippen molar-refractivity contribution in [2.75, 3.05) is 6.61 Å². The molecular weight excluding hydrogens is 251 g/mol. The Bertz CT molecular complexity index is 106. The summed E-state index contributed by atoms with van der Waals surface area (Å²) in [5.41, 5.74) is 0. The van der Waals surface area contributed by atoms with E-state index < -0.39 is 22.4 Å². The summed E-state index contributed by atoms with van der Waals surface area (Å²) in [6.45, 7) is 0.0891. The van der Waals surface area contributed by atoms with Gasteiger partial charge in [-0.3, -0.25) is 0 Å². The number of aliphatic hydroxyl groups excluding tert-OH is 3. The zero-order valence-corrected chi connectivity index (χ0v) is 7.30. The van der Waals surface area contributed by atoms with Crippen molar-refractivity contribution in [3.8, 4) is 0 Å². The number of aliphatic hydroxyl groups is 3. The molecule has 10 heavy (non-hydrogen) atoms. The third-order valence-electron chi connectivity index (χ3n) is 1.44. The fraction of sp³-hybridized carbons (Fsp3) is 1.00. The van der Waals surface area contributed by atoms with Gasteiger partial charge in [-0.1, -0.05) is 0 Å². The highest BCUT2D eigenvalue weighted by Gasteiger charge is 2.35. The van der Waals surface area contributed by atoms with Crippen molar-refractivity contribution in [3.63, 3.8) is 0 Å². The molecular formula is C5H9IO4. The summed E-state index contributed by atoms with van der Waals surface area (Å²) >= 11 is 1.86. The van der Waals surface area contributed by atoms with Crippen LogP contribution in [0.5, 0.6) is 0 Å². The molecule has 60 valence electrons. The first-order valence-corrected chi connectivity index (χ1v) is 4.17. The molecule has 0 aromatic rings. The van der Waals surface area contributed by atoms with Crippen LogP contribution in [0, 0.1) is 0 Å². The van der Waals surface area contributed by atoms with Gasteiger partial charge in [-0.05, 0) is 22.6 Å². The lowest BCUT2D eigenvalue weighted by molar-refractivity contribution is -0.156. The predicted molar refractivity (Wildman–Crippen MR) is 41.8 cm³/mol. The molecule has 5 heteroatoms. The molecule has 0 spiro atoms. The van der Waals surface area contributed by atoms with Gasteiger partial charge in [0.15, 0.2) is 0 Å². The molecule has 1 aliphatic heterocycles. The standard InChI is InChI=1S/C5H9IO4/c6-5-4(9)3(8)2(7)1-10-5/h2-5,7-9H,1H2. The second kappa shape index (κ2) is 3.31. The quantitative estimate of drug-likeness (QED) is 0.380. The molecule has 0 radical (unpaired) electrons. The molecule has 1 aliphatic rings. The second-order valence-corrected chi connectivity index (χ2v) is 3.46. The lowest BCUT2D eigenvalue weighted by atomic mass is 10.1. The van der Waals surface area contributed by atoms with Gasteiger partial charge in [0.2, 0.25) is 0 Å². The Morgan fingerprint density at radius 3 is 2.30 bits per heavy atom. The highest BCUT2D eigenvalue weighted by molar-refractivity contribution is 14.1. The maximum absolute atomic E-state index is 9.07. The van der Waals surface area contributed by atoms with E-state index in [2.05, 4.69) is 0 Å². The summed E-state index contributed by atoms with van der Waals surface area (Å²) < 4.78 is 4.48. The van der Waals surface area contributed by atoms with E-state index in [1.807, 2.05) is 22.6 Å². The average molecular weight is 260 g/mol. The molecule has 4 atom stereocenters. The fourth-order valence-corrected chi connectivity index (χ4v) is 1.40. The van der Waals surface area contributed by atoms with Crippen LogP contribution in [0.25, 0.3) is 0 Å². The topological polar surface area (TPSA) is 69.9 Å². The van der Waals surface area contributed by atoms with Crippen LogP contribution in [0.1, 0.15) is 0 Å². The van der Waals surface area contributed by atoms with Crippen molar-refractivity contribution in [3.05, 3.63) is 0 Å². The Balaban J connectivity index is 2.52. The molecule has 0 amide bonds. The van der Waals surface area contributed by atoms with Crippen LogP contribution in [0.2, 0.25) is 0 Å². The van der Waals surface area contributed by atoms with Crippen molar-refractivity contribution in [1.82, 2.24) is 0 Å². The number of hydrogen-bond acceptors (Lipinski definition) is 4. The van der Waals surface area contributed by atoms with Crippen molar-refractivity contribution in [2.45, 2.75) is 22.4 Å². The third-order valence-corrected chi connectivity index (χ3v) is 2.54. The first-order chi connectivity index (χ1) is 4.63. The van der Waals surface area contributed by atoms with Crippen LogP contribution < -0.4 is 0 Å². The zero-order valence-electron chi connectivity index (χ0n) is 5.14. The Morgan fingerprint density at radius 2 is 1.80 bits per heavy atom. The summed E-state index contributed by atoms with van der Waals surface area (Å²) in [5.74, 6) is 0. The lowest BCUT2D eigenvalue weighted by Gasteiger charge is -2.32. The molecule has 4 nitrogen and oxygen atoms in total. The van der Waals surface area contributed by atoms with Gasteiger partial charge < -0.3 is 20.1 Å². The highest BCUT2D eigenvalue weighted by Crippen LogP contribution is 2.19. The molecule has 0 bridgehead atoms. The first kappa shape index (κ1) is 8.66. The van der Waals surface area contributed by atoms with Gasteiger partial charge in [0.05, 0.1) is 6.61 Å². The van der Waals surface area contributed by atoms with Crippen molar-refractivity contribution >= 4 is 22.6 Å². The molecule has 4 unspecified atom stereocenters. The monoisotopic (exact) mass is 260 g/mol. The molecule has 0 saturated carbocycles. The molecule has 0 aromatic carbocycles. The molecule has 1 heterocycles. The average Bonchev–Trinajstić information content (AvgIpc) is 1.93. The van der Waals surface area contributed by atoms with Crippen LogP contribution in [0.4, 0.5) is 0 Å². The highest BCUT2D eigenvalue weighted by atomic mass is 127. The van der Waals surface area contributed by atoms with Crippen molar-refractivity contribution < 1.29 is 20.1 Å². The fourth-order valence-electron chi connectivity index (χ4n) is 0.770. The number of alkyl halides is 1. The zero-order chi connectivity index (χ0) is 7.72. The van der Waals surface area contributed by atoms with E-state index in [0.29, 0.717) is 0 Å². The minimum atomic E-state index is -1.07. The normalized spacial score (nSPS) is 49.2. The molecule has 1 fully saturated rings. The molecule has 1 saturated heterocycles. The number of hydrogen-bond donors (Lipinski definition) is 3. The number of rotatable bonds is 0. The van der Waals surface area contributed by atoms with Gasteiger partial charge in [0.25, 0.3) is 0 Å². The second-order valence-electron chi connectivity index (χ2n) is 2.23. The van der Waals surface area contributed by atoms with E-state index in [-0.39, 0.29) is 6.61 Å². The summed E-state index contributed by atoms with van der Waals surface area (Å²) in [7, 11) is 0. The Hall–Kier alpha value is 0.570.